The fraction of sp³-hybridized carbons (Fsp3) is 0.462. The lowest BCUT2D eigenvalue weighted by Crippen LogP contribution is -2.18. The van der Waals surface area contributed by atoms with Gasteiger partial charge in [0.25, 0.3) is 0 Å². The molecule has 1 N–H and O–H groups in total. The Bertz CT molecular complexity index is 421. The fourth-order valence-electron chi connectivity index (χ4n) is 1.73. The average molecular weight is 286 g/mol. The van der Waals surface area contributed by atoms with Crippen molar-refractivity contribution in [3.05, 3.63) is 29.8 Å². The normalized spacial score (nSPS) is 16.1. The summed E-state index contributed by atoms with van der Waals surface area (Å²) < 4.78 is 15.8. The van der Waals surface area contributed by atoms with Crippen molar-refractivity contribution in [2.75, 3.05) is 31.0 Å². The van der Waals surface area contributed by atoms with Gasteiger partial charge in [0.1, 0.15) is 6.61 Å². The Balaban J connectivity index is 1.96. The Hall–Kier alpha value is -1.30. The van der Waals surface area contributed by atoms with Crippen LogP contribution in [0.1, 0.15) is 18.3 Å². The van der Waals surface area contributed by atoms with Crippen molar-refractivity contribution >= 4 is 23.4 Å². The van der Waals surface area contributed by atoms with Crippen LogP contribution < -0.4 is 5.32 Å². The van der Waals surface area contributed by atoms with Gasteiger partial charge in [-0.05, 0) is 18.6 Å². The van der Waals surface area contributed by atoms with E-state index in [4.69, 9.17) is 25.8 Å². The van der Waals surface area contributed by atoms with Gasteiger partial charge in [0.05, 0.1) is 19.1 Å². The van der Waals surface area contributed by atoms with Gasteiger partial charge in [-0.1, -0.05) is 12.1 Å². The number of hydrogen-bond donors (Lipinski definition) is 1. The molecule has 0 radical (unpaired) electrons. The zero-order chi connectivity index (χ0) is 13.5. The minimum atomic E-state index is -0.525. The first-order valence-corrected chi connectivity index (χ1v) is 6.66. The zero-order valence-corrected chi connectivity index (χ0v) is 11.2. The molecule has 5 nitrogen and oxygen atoms in total. The second kappa shape index (κ2) is 7.33. The van der Waals surface area contributed by atoms with Crippen LogP contribution in [0.25, 0.3) is 0 Å². The molecule has 0 spiro atoms. The minimum Gasteiger partial charge on any atom is -0.448 e. The molecule has 1 saturated heterocycles. The number of benzene rings is 1. The molecule has 2 rings (SSSR count). The van der Waals surface area contributed by atoms with Crippen molar-refractivity contribution in [1.29, 1.82) is 0 Å². The molecule has 104 valence electrons. The summed E-state index contributed by atoms with van der Waals surface area (Å²) in [5, 5.41) is 2.63. The quantitative estimate of drug-likeness (QED) is 0.864. The lowest BCUT2D eigenvalue weighted by Gasteiger charge is -2.23. The Morgan fingerprint density at radius 2 is 2.21 bits per heavy atom. The number of alkyl halides is 1. The first kappa shape index (κ1) is 14.1. The molecule has 0 atom stereocenters. The molecule has 1 aliphatic heterocycles. The van der Waals surface area contributed by atoms with Crippen LogP contribution in [0.4, 0.5) is 10.5 Å². The highest BCUT2D eigenvalue weighted by atomic mass is 35.5. The monoisotopic (exact) mass is 285 g/mol. The van der Waals surface area contributed by atoms with E-state index in [0.29, 0.717) is 18.9 Å². The van der Waals surface area contributed by atoms with Crippen LogP contribution in [0.5, 0.6) is 0 Å². The van der Waals surface area contributed by atoms with Gasteiger partial charge in [0.2, 0.25) is 0 Å². The Morgan fingerprint density at radius 3 is 2.95 bits per heavy atom. The number of anilines is 1. The largest absolute Gasteiger partial charge is 0.448 e. The van der Waals surface area contributed by atoms with Crippen LogP contribution in [0.3, 0.4) is 0 Å². The van der Waals surface area contributed by atoms with Crippen LogP contribution in [0.2, 0.25) is 0 Å². The molecule has 0 saturated carbocycles. The predicted molar refractivity (Wildman–Crippen MR) is 71.4 cm³/mol. The third-order valence-electron chi connectivity index (χ3n) is 2.54. The molecule has 1 aromatic rings. The van der Waals surface area contributed by atoms with E-state index in [1.165, 1.54) is 0 Å². The van der Waals surface area contributed by atoms with E-state index in [1.54, 1.807) is 12.1 Å². The van der Waals surface area contributed by atoms with E-state index in [1.807, 2.05) is 12.1 Å². The second-order valence-electron chi connectivity index (χ2n) is 4.00. The van der Waals surface area contributed by atoms with Crippen LogP contribution in [-0.4, -0.2) is 31.8 Å². The lowest BCUT2D eigenvalue weighted by atomic mass is 10.2. The number of amides is 1. The predicted octanol–water partition coefficient (Wildman–Crippen LogP) is 2.91. The lowest BCUT2D eigenvalue weighted by molar-refractivity contribution is -0.183. The summed E-state index contributed by atoms with van der Waals surface area (Å²) in [6, 6.07) is 7.30. The number of halogens is 1. The van der Waals surface area contributed by atoms with Crippen LogP contribution in [0, 0.1) is 0 Å². The van der Waals surface area contributed by atoms with Gasteiger partial charge in [0, 0.05) is 11.3 Å². The van der Waals surface area contributed by atoms with Crippen molar-refractivity contribution in [2.45, 2.75) is 12.7 Å². The Labute approximate surface area is 116 Å². The number of ether oxygens (including phenoxy) is 3. The maximum atomic E-state index is 11.4. The van der Waals surface area contributed by atoms with Gasteiger partial charge >= 0.3 is 6.09 Å². The van der Waals surface area contributed by atoms with Gasteiger partial charge in [-0.15, -0.1) is 11.6 Å². The molecule has 0 aromatic heterocycles. The smallest absolute Gasteiger partial charge is 0.411 e. The molecule has 0 aliphatic carbocycles. The van der Waals surface area contributed by atoms with Gasteiger partial charge < -0.3 is 14.2 Å². The van der Waals surface area contributed by atoms with Crippen molar-refractivity contribution < 1.29 is 19.0 Å². The third kappa shape index (κ3) is 4.38. The molecule has 1 aromatic carbocycles. The first-order chi connectivity index (χ1) is 9.29. The summed E-state index contributed by atoms with van der Waals surface area (Å²) in [5.74, 6) is 0.275. The van der Waals surface area contributed by atoms with Crippen molar-refractivity contribution in [3.63, 3.8) is 0 Å². The molecule has 1 amide bonds. The van der Waals surface area contributed by atoms with E-state index in [9.17, 15) is 4.79 Å². The van der Waals surface area contributed by atoms with Crippen molar-refractivity contribution in [2.24, 2.45) is 0 Å². The number of hydrogen-bond acceptors (Lipinski definition) is 4. The first-order valence-electron chi connectivity index (χ1n) is 6.12. The highest BCUT2D eigenvalue weighted by Crippen LogP contribution is 2.24. The molecule has 1 fully saturated rings. The average Bonchev–Trinajstić information content (AvgIpc) is 2.46. The van der Waals surface area contributed by atoms with E-state index in [0.717, 1.165) is 12.0 Å². The van der Waals surface area contributed by atoms with Gasteiger partial charge in [-0.25, -0.2) is 4.79 Å². The van der Waals surface area contributed by atoms with Gasteiger partial charge in [-0.3, -0.25) is 5.32 Å². The molecule has 1 aliphatic rings. The minimum absolute atomic E-state index is 0.182. The highest BCUT2D eigenvalue weighted by Gasteiger charge is 2.17. The maximum absolute atomic E-state index is 11.4. The van der Waals surface area contributed by atoms with E-state index in [2.05, 4.69) is 5.32 Å². The molecule has 19 heavy (non-hydrogen) atoms. The highest BCUT2D eigenvalue weighted by molar-refractivity contribution is 6.18. The number of carbonyl (C=O) groups is 1. The maximum Gasteiger partial charge on any atom is 0.411 e. The second-order valence-corrected chi connectivity index (χ2v) is 4.38. The van der Waals surface area contributed by atoms with E-state index in [-0.39, 0.29) is 18.8 Å². The standard InChI is InChI=1S/C13H16ClNO4/c14-5-8-19-13(16)15-11-4-1-3-10(9-11)12-17-6-2-7-18-12/h1,3-4,9,12H,2,5-8H2,(H,15,16). The van der Waals surface area contributed by atoms with Crippen LogP contribution >= 0.6 is 11.6 Å². The Kier molecular flexibility index (Phi) is 5.44. The van der Waals surface area contributed by atoms with Crippen molar-refractivity contribution in [1.82, 2.24) is 0 Å². The Morgan fingerprint density at radius 1 is 1.42 bits per heavy atom. The van der Waals surface area contributed by atoms with Crippen LogP contribution in [-0.2, 0) is 14.2 Å². The van der Waals surface area contributed by atoms with Gasteiger partial charge in [-0.2, -0.15) is 0 Å². The summed E-state index contributed by atoms with van der Waals surface area (Å²) in [6.07, 6.45) is 0.0109. The molecule has 0 bridgehead atoms. The SMILES string of the molecule is O=C(Nc1cccc(C2OCCCO2)c1)OCCCl. The number of carbonyl (C=O) groups excluding carboxylic acids is 1. The topological polar surface area (TPSA) is 56.8 Å². The molecular weight excluding hydrogens is 270 g/mol. The molecule has 6 heteroatoms. The summed E-state index contributed by atoms with van der Waals surface area (Å²) in [4.78, 5) is 11.4. The summed E-state index contributed by atoms with van der Waals surface area (Å²) in [7, 11) is 0. The summed E-state index contributed by atoms with van der Waals surface area (Å²) in [6.45, 7) is 1.54. The van der Waals surface area contributed by atoms with E-state index >= 15 is 0 Å². The van der Waals surface area contributed by atoms with Crippen LogP contribution in [0.15, 0.2) is 24.3 Å². The van der Waals surface area contributed by atoms with E-state index < -0.39 is 6.09 Å². The number of nitrogens with one attached hydrogen (secondary N) is 1. The van der Waals surface area contributed by atoms with Crippen molar-refractivity contribution in [3.8, 4) is 0 Å². The van der Waals surface area contributed by atoms with Gasteiger partial charge in [0.15, 0.2) is 6.29 Å². The molecular formula is C13H16ClNO4. The third-order valence-corrected chi connectivity index (χ3v) is 2.70. The number of rotatable bonds is 4. The molecule has 1 heterocycles. The summed E-state index contributed by atoms with van der Waals surface area (Å²) in [5.41, 5.74) is 1.50. The fourth-order valence-corrected chi connectivity index (χ4v) is 1.81. The molecule has 0 unspecified atom stereocenters. The summed E-state index contributed by atoms with van der Waals surface area (Å²) >= 11 is 5.44. The zero-order valence-electron chi connectivity index (χ0n) is 10.4.